The summed E-state index contributed by atoms with van der Waals surface area (Å²) >= 11 is 0. The van der Waals surface area contributed by atoms with Crippen molar-refractivity contribution in [2.24, 2.45) is 0 Å². The molecule has 2 rings (SSSR count). The van der Waals surface area contributed by atoms with Gasteiger partial charge in [-0.1, -0.05) is 0 Å². The second-order valence-electron chi connectivity index (χ2n) is 4.44. The zero-order valence-electron chi connectivity index (χ0n) is 12.2. The molecule has 0 spiro atoms. The number of hydrogen-bond acceptors (Lipinski definition) is 6. The van der Waals surface area contributed by atoms with E-state index in [2.05, 4.69) is 0 Å². The molecule has 118 valence electrons. The van der Waals surface area contributed by atoms with Gasteiger partial charge in [-0.15, -0.1) is 0 Å². The number of ether oxygens (including phenoxy) is 2. The monoisotopic (exact) mass is 315 g/mol. The zero-order chi connectivity index (χ0) is 16.8. The van der Waals surface area contributed by atoms with Crippen molar-refractivity contribution in [2.75, 3.05) is 6.61 Å². The molecule has 0 aliphatic heterocycles. The Balaban J connectivity index is 2.05. The van der Waals surface area contributed by atoms with Gasteiger partial charge in [0.2, 0.25) is 0 Å². The first-order valence-electron chi connectivity index (χ1n) is 6.75. The van der Waals surface area contributed by atoms with Crippen molar-refractivity contribution in [2.45, 2.75) is 6.92 Å². The summed E-state index contributed by atoms with van der Waals surface area (Å²) in [7, 11) is 0. The summed E-state index contributed by atoms with van der Waals surface area (Å²) < 4.78 is 9.98. The normalized spacial score (nSPS) is 9.96. The van der Waals surface area contributed by atoms with Crippen molar-refractivity contribution in [1.82, 2.24) is 0 Å². The van der Waals surface area contributed by atoms with Crippen LogP contribution in [0.1, 0.15) is 27.6 Å². The molecule has 0 saturated carbocycles. The van der Waals surface area contributed by atoms with Gasteiger partial charge in [-0.05, 0) is 43.3 Å². The first kappa shape index (κ1) is 16.2. The minimum Gasteiger partial charge on any atom is -0.462 e. The van der Waals surface area contributed by atoms with Gasteiger partial charge in [0.25, 0.3) is 5.69 Å². The fraction of sp³-hybridized carbons (Fsp3) is 0.125. The number of nitro groups is 1. The highest BCUT2D eigenvalue weighted by Gasteiger charge is 2.12. The summed E-state index contributed by atoms with van der Waals surface area (Å²) in [4.78, 5) is 33.4. The van der Waals surface area contributed by atoms with Crippen LogP contribution in [-0.4, -0.2) is 23.5 Å². The Morgan fingerprint density at radius 2 is 1.48 bits per heavy atom. The highest BCUT2D eigenvalue weighted by Crippen LogP contribution is 2.17. The van der Waals surface area contributed by atoms with Crippen LogP contribution < -0.4 is 4.74 Å². The van der Waals surface area contributed by atoms with E-state index in [0.29, 0.717) is 5.56 Å². The lowest BCUT2D eigenvalue weighted by molar-refractivity contribution is -0.384. The van der Waals surface area contributed by atoms with Crippen molar-refractivity contribution in [1.29, 1.82) is 0 Å². The molecule has 23 heavy (non-hydrogen) atoms. The molecule has 0 saturated heterocycles. The average molecular weight is 315 g/mol. The number of non-ortho nitro benzene ring substituents is 1. The van der Waals surface area contributed by atoms with Gasteiger partial charge in [0.05, 0.1) is 22.7 Å². The smallest absolute Gasteiger partial charge is 0.343 e. The first-order chi connectivity index (χ1) is 11.0. The molecule has 0 N–H and O–H groups in total. The summed E-state index contributed by atoms with van der Waals surface area (Å²) in [5, 5.41) is 10.6. The van der Waals surface area contributed by atoms with E-state index in [4.69, 9.17) is 9.47 Å². The second-order valence-corrected chi connectivity index (χ2v) is 4.44. The van der Waals surface area contributed by atoms with Crippen molar-refractivity contribution >= 4 is 17.6 Å². The van der Waals surface area contributed by atoms with E-state index in [1.165, 1.54) is 48.5 Å². The molecule has 0 bridgehead atoms. The Labute approximate surface area is 131 Å². The topological polar surface area (TPSA) is 95.7 Å². The van der Waals surface area contributed by atoms with Crippen LogP contribution in [0.15, 0.2) is 48.5 Å². The number of esters is 2. The Bertz CT molecular complexity index is 721. The van der Waals surface area contributed by atoms with E-state index in [-0.39, 0.29) is 23.6 Å². The number of rotatable bonds is 5. The summed E-state index contributed by atoms with van der Waals surface area (Å²) in [5.74, 6) is -0.856. The largest absolute Gasteiger partial charge is 0.462 e. The molecule has 0 amide bonds. The first-order valence-corrected chi connectivity index (χ1v) is 6.75. The number of benzene rings is 2. The number of nitro benzene ring substituents is 1. The van der Waals surface area contributed by atoms with Crippen molar-refractivity contribution in [3.05, 3.63) is 69.8 Å². The van der Waals surface area contributed by atoms with Gasteiger partial charge in [0.1, 0.15) is 5.75 Å². The van der Waals surface area contributed by atoms with Gasteiger partial charge in [-0.2, -0.15) is 0 Å². The lowest BCUT2D eigenvalue weighted by atomic mass is 10.2. The Hall–Kier alpha value is -3.22. The molecule has 0 atom stereocenters. The quantitative estimate of drug-likeness (QED) is 0.364. The van der Waals surface area contributed by atoms with Crippen LogP contribution in [0.5, 0.6) is 5.75 Å². The molecule has 0 aromatic heterocycles. The molecule has 0 unspecified atom stereocenters. The van der Waals surface area contributed by atoms with E-state index in [0.717, 1.165) is 0 Å². The molecule has 0 radical (unpaired) electrons. The molecule has 7 nitrogen and oxygen atoms in total. The number of carbonyl (C=O) groups is 2. The molecule has 7 heteroatoms. The molecule has 0 aliphatic carbocycles. The third-order valence-corrected chi connectivity index (χ3v) is 2.89. The maximum atomic E-state index is 11.9. The fourth-order valence-corrected chi connectivity index (χ4v) is 1.76. The van der Waals surface area contributed by atoms with Gasteiger partial charge < -0.3 is 9.47 Å². The second kappa shape index (κ2) is 7.17. The third kappa shape index (κ3) is 4.13. The van der Waals surface area contributed by atoms with Gasteiger partial charge in [-0.25, -0.2) is 9.59 Å². The van der Waals surface area contributed by atoms with Crippen LogP contribution in [-0.2, 0) is 4.74 Å². The minimum atomic E-state index is -0.649. The van der Waals surface area contributed by atoms with Crippen molar-refractivity contribution in [3.63, 3.8) is 0 Å². The van der Waals surface area contributed by atoms with E-state index >= 15 is 0 Å². The van der Waals surface area contributed by atoms with Crippen LogP contribution in [0.3, 0.4) is 0 Å². The van der Waals surface area contributed by atoms with Crippen molar-refractivity contribution in [3.8, 4) is 5.75 Å². The molecule has 2 aromatic rings. The Kier molecular flexibility index (Phi) is 5.03. The number of hydrogen-bond donors (Lipinski definition) is 0. The van der Waals surface area contributed by atoms with Crippen LogP contribution in [0.25, 0.3) is 0 Å². The van der Waals surface area contributed by atoms with Gasteiger partial charge >= 0.3 is 11.9 Å². The Morgan fingerprint density at radius 1 is 0.957 bits per heavy atom. The fourth-order valence-electron chi connectivity index (χ4n) is 1.76. The lowest BCUT2D eigenvalue weighted by Gasteiger charge is -2.05. The maximum Gasteiger partial charge on any atom is 0.343 e. The minimum absolute atomic E-state index is 0.111. The van der Waals surface area contributed by atoms with E-state index in [1.807, 2.05) is 0 Å². The summed E-state index contributed by atoms with van der Waals surface area (Å²) in [5.41, 5.74) is 0.424. The van der Waals surface area contributed by atoms with E-state index in [1.54, 1.807) is 6.92 Å². The van der Waals surface area contributed by atoms with Crippen LogP contribution in [0.4, 0.5) is 5.69 Å². The zero-order valence-corrected chi connectivity index (χ0v) is 12.2. The predicted octanol–water partition coefficient (Wildman–Crippen LogP) is 2.99. The van der Waals surface area contributed by atoms with E-state index < -0.39 is 16.9 Å². The summed E-state index contributed by atoms with van der Waals surface area (Å²) in [6.07, 6.45) is 0. The van der Waals surface area contributed by atoms with Gasteiger partial charge in [-0.3, -0.25) is 10.1 Å². The lowest BCUT2D eigenvalue weighted by Crippen LogP contribution is -2.09. The van der Waals surface area contributed by atoms with Crippen LogP contribution in [0.2, 0.25) is 0 Å². The third-order valence-electron chi connectivity index (χ3n) is 2.89. The van der Waals surface area contributed by atoms with Gasteiger partial charge in [0, 0.05) is 12.1 Å². The van der Waals surface area contributed by atoms with Crippen LogP contribution in [0, 0.1) is 10.1 Å². The van der Waals surface area contributed by atoms with Crippen molar-refractivity contribution < 1.29 is 24.0 Å². The highest BCUT2D eigenvalue weighted by atomic mass is 16.6. The number of carbonyl (C=O) groups excluding carboxylic acids is 2. The summed E-state index contributed by atoms with van der Waals surface area (Å²) in [6.45, 7) is 1.98. The predicted molar refractivity (Wildman–Crippen MR) is 80.5 cm³/mol. The standard InChI is InChI=1S/C16H13NO6/c1-2-22-15(18)11-5-9-14(10-6-11)23-16(19)12-3-7-13(8-4-12)17(20)21/h3-10H,2H2,1H3. The number of nitrogens with zero attached hydrogens (tertiary/aromatic N) is 1. The van der Waals surface area contributed by atoms with Crippen LogP contribution >= 0.6 is 0 Å². The summed E-state index contributed by atoms with van der Waals surface area (Å²) in [6, 6.07) is 11.0. The molecule has 0 heterocycles. The van der Waals surface area contributed by atoms with Gasteiger partial charge in [0.15, 0.2) is 0 Å². The molecular weight excluding hydrogens is 302 g/mol. The SMILES string of the molecule is CCOC(=O)c1ccc(OC(=O)c2ccc([N+](=O)[O-])cc2)cc1. The highest BCUT2D eigenvalue weighted by molar-refractivity contribution is 5.92. The molecule has 0 fully saturated rings. The molecule has 2 aromatic carbocycles. The molecule has 0 aliphatic rings. The van der Waals surface area contributed by atoms with E-state index in [9.17, 15) is 19.7 Å². The molecular formula is C16H13NO6. The Morgan fingerprint density at radius 3 is 2.00 bits per heavy atom. The average Bonchev–Trinajstić information content (AvgIpc) is 2.55. The maximum absolute atomic E-state index is 11.9.